The second-order valence-corrected chi connectivity index (χ2v) is 4.82. The fourth-order valence-corrected chi connectivity index (χ4v) is 1.37. The molecule has 1 aromatic carbocycles. The predicted octanol–water partition coefficient (Wildman–Crippen LogP) is 1.84. The Bertz CT molecular complexity index is 416. The van der Waals surface area contributed by atoms with Gasteiger partial charge in [0, 0.05) is 17.1 Å². The summed E-state index contributed by atoms with van der Waals surface area (Å²) in [6.07, 6.45) is 0. The average Bonchev–Trinajstić information content (AvgIpc) is 2.34. The number of halogens is 1. The molecule has 0 bridgehead atoms. The van der Waals surface area contributed by atoms with Crippen LogP contribution in [0, 0.1) is 5.92 Å². The highest BCUT2D eigenvalue weighted by Gasteiger charge is 2.07. The predicted molar refractivity (Wildman–Crippen MR) is 71.6 cm³/mol. The third-order valence-electron chi connectivity index (χ3n) is 2.22. The van der Waals surface area contributed by atoms with Gasteiger partial charge in [-0.1, -0.05) is 25.4 Å². The fourth-order valence-electron chi connectivity index (χ4n) is 1.24. The van der Waals surface area contributed by atoms with Crippen LogP contribution in [0.2, 0.25) is 5.02 Å². The van der Waals surface area contributed by atoms with Crippen molar-refractivity contribution in [2.75, 3.05) is 13.1 Å². The highest BCUT2D eigenvalue weighted by Crippen LogP contribution is 2.09. The topological polar surface area (TPSA) is 58.2 Å². The smallest absolute Gasteiger partial charge is 0.251 e. The third kappa shape index (κ3) is 5.19. The van der Waals surface area contributed by atoms with Crippen LogP contribution in [0.3, 0.4) is 0 Å². The van der Waals surface area contributed by atoms with Crippen LogP contribution in [0.4, 0.5) is 0 Å². The van der Waals surface area contributed by atoms with Gasteiger partial charge in [0.15, 0.2) is 0 Å². The molecule has 4 nitrogen and oxygen atoms in total. The Morgan fingerprint density at radius 2 is 1.78 bits per heavy atom. The number of carbonyl (C=O) groups is 2. The minimum absolute atomic E-state index is 0.0197. The van der Waals surface area contributed by atoms with Gasteiger partial charge in [-0.3, -0.25) is 9.59 Å². The Balaban J connectivity index is 2.37. The molecule has 0 heterocycles. The molecule has 2 amide bonds. The first-order valence-electron chi connectivity index (χ1n) is 5.79. The van der Waals surface area contributed by atoms with Gasteiger partial charge in [0.1, 0.15) is 0 Å². The Morgan fingerprint density at radius 3 is 2.33 bits per heavy atom. The van der Waals surface area contributed by atoms with Gasteiger partial charge in [-0.05, 0) is 30.2 Å². The lowest BCUT2D eigenvalue weighted by atomic mass is 10.2. The maximum Gasteiger partial charge on any atom is 0.251 e. The number of benzene rings is 1. The number of rotatable bonds is 5. The number of amides is 2. The number of hydrogen-bond donors (Lipinski definition) is 2. The van der Waals surface area contributed by atoms with E-state index in [9.17, 15) is 9.59 Å². The van der Waals surface area contributed by atoms with E-state index in [-0.39, 0.29) is 18.4 Å². The summed E-state index contributed by atoms with van der Waals surface area (Å²) in [6.45, 7) is 4.60. The standard InChI is InChI=1S/C13H17ClN2O2/c1-9(2)7-15-12(17)8-16-13(18)10-3-5-11(14)6-4-10/h3-6,9H,7-8H2,1-2H3,(H,15,17)(H,16,18). The van der Waals surface area contributed by atoms with Crippen molar-refractivity contribution < 1.29 is 9.59 Å². The van der Waals surface area contributed by atoms with Crippen LogP contribution in [-0.4, -0.2) is 24.9 Å². The zero-order valence-electron chi connectivity index (χ0n) is 10.5. The lowest BCUT2D eigenvalue weighted by Crippen LogP contribution is -2.38. The quantitative estimate of drug-likeness (QED) is 0.856. The lowest BCUT2D eigenvalue weighted by Gasteiger charge is -2.08. The molecule has 5 heteroatoms. The fraction of sp³-hybridized carbons (Fsp3) is 0.385. The second-order valence-electron chi connectivity index (χ2n) is 4.39. The molecule has 0 aliphatic carbocycles. The SMILES string of the molecule is CC(C)CNC(=O)CNC(=O)c1ccc(Cl)cc1. The van der Waals surface area contributed by atoms with Crippen molar-refractivity contribution in [2.45, 2.75) is 13.8 Å². The Labute approximate surface area is 112 Å². The molecule has 0 saturated heterocycles. The van der Waals surface area contributed by atoms with E-state index in [1.807, 2.05) is 13.8 Å². The number of carbonyl (C=O) groups excluding carboxylic acids is 2. The van der Waals surface area contributed by atoms with Crippen molar-refractivity contribution in [3.05, 3.63) is 34.9 Å². The Morgan fingerprint density at radius 1 is 1.17 bits per heavy atom. The van der Waals surface area contributed by atoms with Crippen LogP contribution in [-0.2, 0) is 4.79 Å². The molecule has 98 valence electrons. The molecule has 0 unspecified atom stereocenters. The van der Waals surface area contributed by atoms with Crippen molar-refractivity contribution in [2.24, 2.45) is 5.92 Å². The molecule has 0 saturated carbocycles. The van der Waals surface area contributed by atoms with E-state index in [1.165, 1.54) is 0 Å². The monoisotopic (exact) mass is 268 g/mol. The molecule has 18 heavy (non-hydrogen) atoms. The van der Waals surface area contributed by atoms with E-state index < -0.39 is 0 Å². The van der Waals surface area contributed by atoms with E-state index in [0.29, 0.717) is 23.0 Å². The van der Waals surface area contributed by atoms with Crippen LogP contribution in [0.5, 0.6) is 0 Å². The first-order valence-corrected chi connectivity index (χ1v) is 6.17. The summed E-state index contributed by atoms with van der Waals surface area (Å²) in [6, 6.07) is 6.50. The van der Waals surface area contributed by atoms with E-state index in [1.54, 1.807) is 24.3 Å². The summed E-state index contributed by atoms with van der Waals surface area (Å²) in [4.78, 5) is 23.1. The summed E-state index contributed by atoms with van der Waals surface area (Å²) in [7, 11) is 0. The highest BCUT2D eigenvalue weighted by molar-refractivity contribution is 6.30. The van der Waals surface area contributed by atoms with Crippen molar-refractivity contribution in [1.29, 1.82) is 0 Å². The van der Waals surface area contributed by atoms with Crippen molar-refractivity contribution in [3.8, 4) is 0 Å². The minimum atomic E-state index is -0.286. The minimum Gasteiger partial charge on any atom is -0.354 e. The normalized spacial score (nSPS) is 10.2. The van der Waals surface area contributed by atoms with Crippen LogP contribution in [0.25, 0.3) is 0 Å². The molecule has 0 radical (unpaired) electrons. The summed E-state index contributed by atoms with van der Waals surface area (Å²) >= 11 is 5.72. The molecule has 1 rings (SSSR count). The largest absolute Gasteiger partial charge is 0.354 e. The Kier molecular flexibility index (Phi) is 5.65. The average molecular weight is 269 g/mol. The summed E-state index contributed by atoms with van der Waals surface area (Å²) in [5.74, 6) is -0.0849. The van der Waals surface area contributed by atoms with Gasteiger partial charge in [0.2, 0.25) is 5.91 Å². The first kappa shape index (κ1) is 14.5. The van der Waals surface area contributed by atoms with E-state index >= 15 is 0 Å². The van der Waals surface area contributed by atoms with Crippen molar-refractivity contribution >= 4 is 23.4 Å². The first-order chi connectivity index (χ1) is 8.49. The van der Waals surface area contributed by atoms with Crippen molar-refractivity contribution in [1.82, 2.24) is 10.6 Å². The third-order valence-corrected chi connectivity index (χ3v) is 2.48. The zero-order valence-corrected chi connectivity index (χ0v) is 11.3. The van der Waals surface area contributed by atoms with Gasteiger partial charge in [-0.15, -0.1) is 0 Å². The van der Waals surface area contributed by atoms with Crippen LogP contribution in [0.1, 0.15) is 24.2 Å². The molecule has 0 fully saturated rings. The number of hydrogen-bond acceptors (Lipinski definition) is 2. The molecular formula is C13H17ClN2O2. The van der Waals surface area contributed by atoms with Crippen LogP contribution in [0.15, 0.2) is 24.3 Å². The zero-order chi connectivity index (χ0) is 13.5. The summed E-state index contributed by atoms with van der Waals surface area (Å²) in [5.41, 5.74) is 0.482. The molecule has 1 aromatic rings. The molecule has 0 aliphatic rings. The molecule has 0 spiro atoms. The molecule has 0 aromatic heterocycles. The highest BCUT2D eigenvalue weighted by atomic mass is 35.5. The second kappa shape index (κ2) is 7.01. The van der Waals surface area contributed by atoms with Crippen LogP contribution >= 0.6 is 11.6 Å². The van der Waals surface area contributed by atoms with Gasteiger partial charge < -0.3 is 10.6 Å². The summed E-state index contributed by atoms with van der Waals surface area (Å²) in [5, 5.41) is 5.84. The summed E-state index contributed by atoms with van der Waals surface area (Å²) < 4.78 is 0. The van der Waals surface area contributed by atoms with Gasteiger partial charge in [0.05, 0.1) is 6.54 Å². The van der Waals surface area contributed by atoms with Gasteiger partial charge in [-0.2, -0.15) is 0 Å². The molecular weight excluding hydrogens is 252 g/mol. The molecule has 0 aliphatic heterocycles. The van der Waals surface area contributed by atoms with Crippen LogP contribution < -0.4 is 10.6 Å². The maximum atomic E-state index is 11.7. The lowest BCUT2D eigenvalue weighted by molar-refractivity contribution is -0.120. The van der Waals surface area contributed by atoms with Crippen molar-refractivity contribution in [3.63, 3.8) is 0 Å². The van der Waals surface area contributed by atoms with Gasteiger partial charge in [-0.25, -0.2) is 0 Å². The van der Waals surface area contributed by atoms with E-state index in [2.05, 4.69) is 10.6 Å². The molecule has 2 N–H and O–H groups in total. The van der Waals surface area contributed by atoms with Gasteiger partial charge in [0.25, 0.3) is 5.91 Å². The molecule has 0 atom stereocenters. The van der Waals surface area contributed by atoms with Gasteiger partial charge >= 0.3 is 0 Å². The Hall–Kier alpha value is -1.55. The number of nitrogens with one attached hydrogen (secondary N) is 2. The maximum absolute atomic E-state index is 11.7. The van der Waals surface area contributed by atoms with E-state index in [0.717, 1.165) is 0 Å². The van der Waals surface area contributed by atoms with E-state index in [4.69, 9.17) is 11.6 Å².